The molecule has 0 heterocycles. The van der Waals surface area contributed by atoms with Crippen molar-refractivity contribution in [2.45, 2.75) is 71.3 Å². The average Bonchev–Trinajstić information content (AvgIpc) is 2.96. The minimum Gasteiger partial charge on any atom is -0.496 e. The van der Waals surface area contributed by atoms with Crippen molar-refractivity contribution in [2.75, 3.05) is 7.11 Å². The first kappa shape index (κ1) is 18.5. The van der Waals surface area contributed by atoms with Gasteiger partial charge < -0.3 is 9.47 Å². The predicted molar refractivity (Wildman–Crippen MR) is 103 cm³/mol. The second-order valence-electron chi connectivity index (χ2n) is 8.94. The van der Waals surface area contributed by atoms with Crippen molar-refractivity contribution in [1.29, 1.82) is 0 Å². The van der Waals surface area contributed by atoms with E-state index in [-0.39, 0.29) is 23.3 Å². The Balaban J connectivity index is 1.67. The minimum atomic E-state index is -0.156. The highest BCUT2D eigenvalue weighted by Gasteiger charge is 2.56. The van der Waals surface area contributed by atoms with Crippen LogP contribution in [-0.2, 0) is 16.0 Å². The summed E-state index contributed by atoms with van der Waals surface area (Å²) in [5.74, 6) is 2.33. The molecule has 0 N–H and O–H groups in total. The summed E-state index contributed by atoms with van der Waals surface area (Å²) in [7, 11) is 1.64. The summed E-state index contributed by atoms with van der Waals surface area (Å²) >= 11 is 0. The van der Waals surface area contributed by atoms with Crippen molar-refractivity contribution < 1.29 is 19.1 Å². The number of ketones is 1. The summed E-state index contributed by atoms with van der Waals surface area (Å²) in [6.45, 7) is 5.47. The van der Waals surface area contributed by atoms with Crippen LogP contribution in [0.3, 0.4) is 0 Å². The number of carbonyl (C=O) groups is 2. The Labute approximate surface area is 161 Å². The SMILES string of the molecule is COc1cc2c(cc1C(C)=O)[C@H]1CC[C@]3(C)[C@@H](OC(C)=O)CC[C@H]3[C@@H]1CC2. The minimum absolute atomic E-state index is 0.0611. The van der Waals surface area contributed by atoms with Crippen LogP contribution >= 0.6 is 0 Å². The van der Waals surface area contributed by atoms with Crippen molar-refractivity contribution in [3.8, 4) is 5.75 Å². The molecule has 2 fully saturated rings. The molecule has 5 atom stereocenters. The van der Waals surface area contributed by atoms with Gasteiger partial charge in [-0.1, -0.05) is 6.92 Å². The molecule has 1 aromatic carbocycles. The molecule has 0 unspecified atom stereocenters. The van der Waals surface area contributed by atoms with Gasteiger partial charge in [-0.25, -0.2) is 0 Å². The monoisotopic (exact) mass is 370 g/mol. The lowest BCUT2D eigenvalue weighted by Crippen LogP contribution is -2.45. The van der Waals surface area contributed by atoms with Gasteiger partial charge in [0.15, 0.2) is 5.78 Å². The van der Waals surface area contributed by atoms with E-state index in [9.17, 15) is 9.59 Å². The molecule has 146 valence electrons. The highest BCUT2D eigenvalue weighted by molar-refractivity contribution is 5.97. The molecule has 27 heavy (non-hydrogen) atoms. The third-order valence-electron chi connectivity index (χ3n) is 7.65. The highest BCUT2D eigenvalue weighted by atomic mass is 16.5. The number of hydrogen-bond donors (Lipinski definition) is 0. The molecule has 4 nitrogen and oxygen atoms in total. The molecule has 0 aliphatic heterocycles. The number of benzene rings is 1. The van der Waals surface area contributed by atoms with E-state index in [1.807, 2.05) is 0 Å². The fraction of sp³-hybridized carbons (Fsp3) is 0.652. The van der Waals surface area contributed by atoms with Crippen LogP contribution in [0.25, 0.3) is 0 Å². The lowest BCUT2D eigenvalue weighted by molar-refractivity contribution is -0.154. The van der Waals surface area contributed by atoms with E-state index >= 15 is 0 Å². The van der Waals surface area contributed by atoms with Crippen molar-refractivity contribution >= 4 is 11.8 Å². The maximum atomic E-state index is 12.1. The number of aryl methyl sites for hydroxylation is 1. The third-order valence-corrected chi connectivity index (χ3v) is 7.65. The Hall–Kier alpha value is -1.84. The van der Waals surface area contributed by atoms with E-state index in [0.717, 1.165) is 32.1 Å². The molecule has 3 aliphatic carbocycles. The fourth-order valence-corrected chi connectivity index (χ4v) is 6.39. The van der Waals surface area contributed by atoms with E-state index in [2.05, 4.69) is 19.1 Å². The Morgan fingerprint density at radius 2 is 1.89 bits per heavy atom. The molecule has 0 amide bonds. The van der Waals surface area contributed by atoms with E-state index in [0.29, 0.717) is 29.1 Å². The van der Waals surface area contributed by atoms with E-state index in [4.69, 9.17) is 9.47 Å². The zero-order valence-electron chi connectivity index (χ0n) is 16.8. The lowest BCUT2D eigenvalue weighted by Gasteiger charge is -2.50. The quantitative estimate of drug-likeness (QED) is 0.572. The topological polar surface area (TPSA) is 52.6 Å². The summed E-state index contributed by atoms with van der Waals surface area (Å²) in [6, 6.07) is 4.20. The van der Waals surface area contributed by atoms with Gasteiger partial charge in [-0.3, -0.25) is 9.59 Å². The van der Waals surface area contributed by atoms with Crippen molar-refractivity contribution in [1.82, 2.24) is 0 Å². The van der Waals surface area contributed by atoms with Gasteiger partial charge in [0.25, 0.3) is 0 Å². The fourth-order valence-electron chi connectivity index (χ4n) is 6.39. The second kappa shape index (κ2) is 6.65. The molecule has 1 aromatic rings. The summed E-state index contributed by atoms with van der Waals surface area (Å²) in [4.78, 5) is 23.7. The van der Waals surface area contributed by atoms with E-state index < -0.39 is 0 Å². The van der Waals surface area contributed by atoms with Gasteiger partial charge in [0.05, 0.1) is 12.7 Å². The van der Waals surface area contributed by atoms with Crippen LogP contribution in [0, 0.1) is 17.3 Å². The molecular weight excluding hydrogens is 340 g/mol. The van der Waals surface area contributed by atoms with Gasteiger partial charge in [0, 0.05) is 12.3 Å². The Kier molecular flexibility index (Phi) is 4.56. The molecule has 3 aliphatic rings. The van der Waals surface area contributed by atoms with Crippen LogP contribution in [0.2, 0.25) is 0 Å². The number of Topliss-reactive ketones (excluding diaryl/α,β-unsaturated/α-hetero) is 1. The number of ether oxygens (including phenoxy) is 2. The lowest BCUT2D eigenvalue weighted by atomic mass is 9.55. The maximum absolute atomic E-state index is 12.1. The molecule has 0 spiro atoms. The third kappa shape index (κ3) is 2.88. The van der Waals surface area contributed by atoms with Crippen LogP contribution in [-0.4, -0.2) is 25.0 Å². The van der Waals surface area contributed by atoms with Crippen LogP contribution in [0.5, 0.6) is 5.75 Å². The van der Waals surface area contributed by atoms with Crippen LogP contribution < -0.4 is 4.74 Å². The maximum Gasteiger partial charge on any atom is 0.302 e. The Morgan fingerprint density at radius 3 is 2.56 bits per heavy atom. The van der Waals surface area contributed by atoms with Gasteiger partial charge in [-0.05, 0) is 86.5 Å². The molecular formula is C23H30O4. The molecule has 0 aromatic heterocycles. The molecule has 0 bridgehead atoms. The largest absolute Gasteiger partial charge is 0.496 e. The highest BCUT2D eigenvalue weighted by Crippen LogP contribution is 2.61. The summed E-state index contributed by atoms with van der Waals surface area (Å²) in [6.07, 6.45) is 6.58. The van der Waals surface area contributed by atoms with Gasteiger partial charge in [0.2, 0.25) is 0 Å². The molecule has 2 saturated carbocycles. The molecule has 4 rings (SSSR count). The van der Waals surface area contributed by atoms with Gasteiger partial charge in [-0.15, -0.1) is 0 Å². The summed E-state index contributed by atoms with van der Waals surface area (Å²) < 4.78 is 11.2. The Morgan fingerprint density at radius 1 is 1.11 bits per heavy atom. The summed E-state index contributed by atoms with van der Waals surface area (Å²) in [5, 5.41) is 0. The predicted octanol–water partition coefficient (Wildman–Crippen LogP) is 4.69. The first-order chi connectivity index (χ1) is 12.8. The number of carbonyl (C=O) groups excluding carboxylic acids is 2. The number of rotatable bonds is 3. The van der Waals surface area contributed by atoms with E-state index in [1.165, 1.54) is 24.5 Å². The smallest absolute Gasteiger partial charge is 0.302 e. The summed E-state index contributed by atoms with van der Waals surface area (Å²) in [5.41, 5.74) is 3.50. The van der Waals surface area contributed by atoms with Crippen molar-refractivity contribution in [3.63, 3.8) is 0 Å². The first-order valence-corrected chi connectivity index (χ1v) is 10.2. The number of fused-ring (bicyclic) bond motifs is 5. The van der Waals surface area contributed by atoms with Crippen LogP contribution in [0.4, 0.5) is 0 Å². The molecule has 0 radical (unpaired) electrons. The van der Waals surface area contributed by atoms with Crippen LogP contribution in [0.1, 0.15) is 80.3 Å². The van der Waals surface area contributed by atoms with E-state index in [1.54, 1.807) is 14.0 Å². The van der Waals surface area contributed by atoms with Gasteiger partial charge in [-0.2, -0.15) is 0 Å². The van der Waals surface area contributed by atoms with Crippen molar-refractivity contribution in [3.05, 3.63) is 28.8 Å². The van der Waals surface area contributed by atoms with Gasteiger partial charge in [0.1, 0.15) is 11.9 Å². The van der Waals surface area contributed by atoms with Crippen molar-refractivity contribution in [2.24, 2.45) is 17.3 Å². The first-order valence-electron chi connectivity index (χ1n) is 10.2. The number of esters is 1. The standard InChI is InChI=1S/C23H30O4/c1-13(24)18-12-19-15(11-21(18)26-4)5-6-17-16(19)9-10-23(3)20(17)7-8-22(23)27-14(2)25/h11-12,16-17,20,22H,5-10H2,1-4H3/t16-,17+,20-,22-,23-/m0/s1. The Bertz CT molecular complexity index is 783. The number of methoxy groups -OCH3 is 1. The zero-order valence-corrected chi connectivity index (χ0v) is 16.8. The second-order valence-corrected chi connectivity index (χ2v) is 8.94. The zero-order chi connectivity index (χ0) is 19.3. The normalized spacial score (nSPS) is 34.2. The van der Waals surface area contributed by atoms with Crippen LogP contribution in [0.15, 0.2) is 12.1 Å². The average molecular weight is 370 g/mol. The molecule has 0 saturated heterocycles. The number of hydrogen-bond acceptors (Lipinski definition) is 4. The van der Waals surface area contributed by atoms with Gasteiger partial charge >= 0.3 is 5.97 Å². The molecule has 4 heteroatoms.